The Morgan fingerprint density at radius 3 is 2.04 bits per heavy atom. The Kier molecular flexibility index (Phi) is 7.98. The first-order chi connectivity index (χ1) is 12.9. The van der Waals surface area contributed by atoms with E-state index in [1.165, 1.54) is 6.92 Å². The Morgan fingerprint density at radius 1 is 0.963 bits per heavy atom. The minimum absolute atomic E-state index is 0.00424. The number of hydrogen-bond donors (Lipinski definition) is 2. The lowest BCUT2D eigenvalue weighted by atomic mass is 9.81. The summed E-state index contributed by atoms with van der Waals surface area (Å²) < 4.78 is 0. The van der Waals surface area contributed by atoms with Gasteiger partial charge in [0, 0.05) is 29.6 Å². The highest BCUT2D eigenvalue weighted by Gasteiger charge is 2.29. The van der Waals surface area contributed by atoms with E-state index in [1.807, 2.05) is 14.1 Å². The Bertz CT molecular complexity index is 647. The second-order valence-corrected chi connectivity index (χ2v) is 7.62. The zero-order chi connectivity index (χ0) is 19.8. The van der Waals surface area contributed by atoms with Gasteiger partial charge in [0.15, 0.2) is 5.78 Å². The van der Waals surface area contributed by atoms with Crippen molar-refractivity contribution in [2.24, 2.45) is 11.8 Å². The summed E-state index contributed by atoms with van der Waals surface area (Å²) in [6.45, 7) is 3.18. The molecule has 0 aromatic heterocycles. The number of carbonyl (C=O) groups excluding carboxylic acids is 3. The van der Waals surface area contributed by atoms with Gasteiger partial charge in [0.05, 0.1) is 0 Å². The Hall–Kier alpha value is -2.21. The van der Waals surface area contributed by atoms with E-state index in [0.717, 1.165) is 38.6 Å². The highest BCUT2D eigenvalue weighted by molar-refractivity contribution is 5.96. The maximum atomic E-state index is 12.5. The van der Waals surface area contributed by atoms with Gasteiger partial charge in [-0.2, -0.15) is 0 Å². The summed E-state index contributed by atoms with van der Waals surface area (Å²) in [5, 5.41) is 5.93. The van der Waals surface area contributed by atoms with E-state index < -0.39 is 0 Å². The summed E-state index contributed by atoms with van der Waals surface area (Å²) >= 11 is 0. The maximum absolute atomic E-state index is 12.5. The van der Waals surface area contributed by atoms with Crippen LogP contribution < -0.4 is 10.6 Å². The largest absolute Gasteiger partial charge is 0.356 e. The van der Waals surface area contributed by atoms with Gasteiger partial charge in [-0.05, 0) is 83.9 Å². The summed E-state index contributed by atoms with van der Waals surface area (Å²) in [5.41, 5.74) is 1.33. The average molecular weight is 373 g/mol. The predicted molar refractivity (Wildman–Crippen MR) is 107 cm³/mol. The van der Waals surface area contributed by atoms with Crippen molar-refractivity contribution in [1.29, 1.82) is 0 Å². The van der Waals surface area contributed by atoms with E-state index in [9.17, 15) is 14.4 Å². The smallest absolute Gasteiger partial charge is 0.227 e. The second-order valence-electron chi connectivity index (χ2n) is 7.62. The molecule has 0 heterocycles. The van der Waals surface area contributed by atoms with Crippen molar-refractivity contribution in [1.82, 2.24) is 10.2 Å². The minimum atomic E-state index is -0.0599. The zero-order valence-corrected chi connectivity index (χ0v) is 16.6. The van der Waals surface area contributed by atoms with E-state index in [-0.39, 0.29) is 29.4 Å². The van der Waals surface area contributed by atoms with E-state index >= 15 is 0 Å². The summed E-state index contributed by atoms with van der Waals surface area (Å²) in [4.78, 5) is 38.1. The van der Waals surface area contributed by atoms with Gasteiger partial charge in [-0.1, -0.05) is 0 Å². The van der Waals surface area contributed by atoms with Gasteiger partial charge < -0.3 is 15.5 Å². The number of benzene rings is 1. The molecule has 2 rings (SSSR count). The Morgan fingerprint density at radius 2 is 1.52 bits per heavy atom. The van der Waals surface area contributed by atoms with Gasteiger partial charge in [-0.15, -0.1) is 0 Å². The molecular formula is C21H31N3O3. The van der Waals surface area contributed by atoms with Crippen LogP contribution in [0.25, 0.3) is 0 Å². The van der Waals surface area contributed by atoms with Crippen molar-refractivity contribution in [3.05, 3.63) is 29.8 Å². The number of rotatable bonds is 8. The van der Waals surface area contributed by atoms with Gasteiger partial charge in [0.1, 0.15) is 0 Å². The topological polar surface area (TPSA) is 78.5 Å². The summed E-state index contributed by atoms with van der Waals surface area (Å²) in [6.07, 6.45) is 3.90. The number of nitrogens with one attached hydrogen (secondary N) is 2. The molecule has 0 atom stereocenters. The molecule has 1 saturated carbocycles. The molecule has 1 aromatic rings. The number of amides is 2. The predicted octanol–water partition coefficient (Wildman–Crippen LogP) is 2.70. The quantitative estimate of drug-likeness (QED) is 0.542. The molecular weight excluding hydrogens is 342 g/mol. The van der Waals surface area contributed by atoms with Crippen LogP contribution in [0.2, 0.25) is 0 Å². The molecule has 0 unspecified atom stereocenters. The van der Waals surface area contributed by atoms with Crippen LogP contribution in [0.5, 0.6) is 0 Å². The van der Waals surface area contributed by atoms with Gasteiger partial charge in [0.2, 0.25) is 11.8 Å². The number of ketones is 1. The third kappa shape index (κ3) is 6.79. The van der Waals surface area contributed by atoms with Crippen LogP contribution in [0, 0.1) is 11.8 Å². The maximum Gasteiger partial charge on any atom is 0.227 e. The van der Waals surface area contributed by atoms with Gasteiger partial charge in [-0.3, -0.25) is 14.4 Å². The van der Waals surface area contributed by atoms with Gasteiger partial charge >= 0.3 is 0 Å². The molecule has 2 amide bonds. The Balaban J connectivity index is 1.73. The molecule has 0 saturated heterocycles. The highest BCUT2D eigenvalue weighted by atomic mass is 16.2. The minimum Gasteiger partial charge on any atom is -0.356 e. The van der Waals surface area contributed by atoms with Crippen LogP contribution in [-0.2, 0) is 9.59 Å². The molecule has 6 heteroatoms. The fraction of sp³-hybridized carbons (Fsp3) is 0.571. The van der Waals surface area contributed by atoms with Crippen LogP contribution in [0.1, 0.15) is 49.4 Å². The fourth-order valence-electron chi connectivity index (χ4n) is 3.40. The van der Waals surface area contributed by atoms with E-state index in [1.54, 1.807) is 24.3 Å². The molecule has 0 radical (unpaired) electrons. The number of nitrogens with zero attached hydrogens (tertiary/aromatic N) is 1. The van der Waals surface area contributed by atoms with Crippen molar-refractivity contribution in [3.63, 3.8) is 0 Å². The third-order valence-electron chi connectivity index (χ3n) is 5.11. The first-order valence-electron chi connectivity index (χ1n) is 9.71. The van der Waals surface area contributed by atoms with Crippen LogP contribution >= 0.6 is 0 Å². The number of hydrogen-bond acceptors (Lipinski definition) is 4. The standard InChI is InChI=1S/C21H31N3O3/c1-15(25)16-9-11-19(12-10-16)23-21(27)18-7-5-17(6-8-18)20(26)22-13-4-14-24(2)3/h9-12,17-18H,4-8,13-14H2,1-3H3,(H,22,26)(H,23,27). The third-order valence-corrected chi connectivity index (χ3v) is 5.11. The molecule has 1 fully saturated rings. The number of anilines is 1. The Labute approximate surface area is 161 Å². The van der Waals surface area contributed by atoms with Crippen LogP contribution in [-0.4, -0.2) is 49.7 Å². The van der Waals surface area contributed by atoms with E-state index in [4.69, 9.17) is 0 Å². The monoisotopic (exact) mass is 373 g/mol. The summed E-state index contributed by atoms with van der Waals surface area (Å²) in [5.74, 6) is 0.0765. The van der Waals surface area contributed by atoms with Gasteiger partial charge in [-0.25, -0.2) is 0 Å². The summed E-state index contributed by atoms with van der Waals surface area (Å²) in [6, 6.07) is 6.94. The normalized spacial score (nSPS) is 19.6. The van der Waals surface area contributed by atoms with E-state index in [2.05, 4.69) is 15.5 Å². The molecule has 0 aliphatic heterocycles. The van der Waals surface area contributed by atoms with Crippen molar-refractivity contribution in [3.8, 4) is 0 Å². The van der Waals surface area contributed by atoms with Crippen LogP contribution in [0.3, 0.4) is 0 Å². The van der Waals surface area contributed by atoms with Crippen molar-refractivity contribution < 1.29 is 14.4 Å². The first-order valence-corrected chi connectivity index (χ1v) is 9.71. The number of carbonyl (C=O) groups is 3. The van der Waals surface area contributed by atoms with Crippen molar-refractivity contribution >= 4 is 23.3 Å². The fourth-order valence-corrected chi connectivity index (χ4v) is 3.40. The highest BCUT2D eigenvalue weighted by Crippen LogP contribution is 2.30. The first kappa shape index (κ1) is 21.1. The van der Waals surface area contributed by atoms with Gasteiger partial charge in [0.25, 0.3) is 0 Å². The van der Waals surface area contributed by atoms with Crippen LogP contribution in [0.4, 0.5) is 5.69 Å². The SMILES string of the molecule is CC(=O)c1ccc(NC(=O)C2CCC(C(=O)NCCCN(C)C)CC2)cc1. The summed E-state index contributed by atoms with van der Waals surface area (Å²) in [7, 11) is 4.04. The zero-order valence-electron chi connectivity index (χ0n) is 16.6. The lowest BCUT2D eigenvalue weighted by molar-refractivity contribution is -0.128. The number of Topliss-reactive ketones (excluding diaryl/α,β-unsaturated/α-hetero) is 1. The molecule has 0 spiro atoms. The molecule has 6 nitrogen and oxygen atoms in total. The molecule has 1 aliphatic carbocycles. The molecule has 2 N–H and O–H groups in total. The average Bonchev–Trinajstić information content (AvgIpc) is 2.65. The lowest BCUT2D eigenvalue weighted by Crippen LogP contribution is -2.36. The lowest BCUT2D eigenvalue weighted by Gasteiger charge is -2.27. The molecule has 27 heavy (non-hydrogen) atoms. The molecule has 1 aliphatic rings. The van der Waals surface area contributed by atoms with Crippen LogP contribution in [0.15, 0.2) is 24.3 Å². The molecule has 1 aromatic carbocycles. The molecule has 0 bridgehead atoms. The van der Waals surface area contributed by atoms with E-state index in [0.29, 0.717) is 17.8 Å². The molecule has 148 valence electrons. The van der Waals surface area contributed by atoms with Crippen molar-refractivity contribution in [2.45, 2.75) is 39.0 Å². The van der Waals surface area contributed by atoms with Crippen molar-refractivity contribution in [2.75, 3.05) is 32.5 Å². The second kappa shape index (κ2) is 10.2.